The van der Waals surface area contributed by atoms with Crippen molar-refractivity contribution in [1.82, 2.24) is 0 Å². The summed E-state index contributed by atoms with van der Waals surface area (Å²) in [4.78, 5) is 1.05. The molecule has 0 N–H and O–H groups in total. The Hall–Kier alpha value is -3.28. The van der Waals surface area contributed by atoms with Gasteiger partial charge in [-0.3, -0.25) is 0 Å². The van der Waals surface area contributed by atoms with Crippen molar-refractivity contribution in [3.63, 3.8) is 0 Å². The zero-order valence-corrected chi connectivity index (χ0v) is 13.8. The lowest BCUT2D eigenvalue weighted by Gasteiger charge is -2.12. The Morgan fingerprint density at radius 2 is 1.44 bits per heavy atom. The van der Waals surface area contributed by atoms with Gasteiger partial charge in [0.25, 0.3) is 0 Å². The van der Waals surface area contributed by atoms with Gasteiger partial charge in [-0.25, -0.2) is 4.39 Å². The Kier molecular flexibility index (Phi) is 4.99. The Morgan fingerprint density at radius 1 is 0.840 bits per heavy atom. The van der Waals surface area contributed by atoms with Crippen molar-refractivity contribution < 1.29 is 9.13 Å². The normalized spacial score (nSPS) is 9.88. The quantitative estimate of drug-likeness (QED) is 0.625. The van der Waals surface area contributed by atoms with E-state index in [2.05, 4.69) is 0 Å². The second-order valence-electron chi connectivity index (χ2n) is 4.99. The van der Waals surface area contributed by atoms with Crippen molar-refractivity contribution in [2.75, 3.05) is 0 Å². The molecule has 0 aromatic heterocycles. The third kappa shape index (κ3) is 3.63. The first-order valence-electron chi connectivity index (χ1n) is 7.35. The molecule has 0 aliphatic carbocycles. The van der Waals surface area contributed by atoms with E-state index in [4.69, 9.17) is 4.74 Å². The molecule has 0 amide bonds. The second kappa shape index (κ2) is 7.53. The van der Waals surface area contributed by atoms with E-state index < -0.39 is 5.82 Å². The molecule has 3 aromatic rings. The molecule has 3 nitrogen and oxygen atoms in total. The molecule has 0 fully saturated rings. The highest BCUT2D eigenvalue weighted by Crippen LogP contribution is 2.38. The lowest BCUT2D eigenvalue weighted by molar-refractivity contribution is 0.475. The highest BCUT2D eigenvalue weighted by Gasteiger charge is 2.20. The van der Waals surface area contributed by atoms with Crippen molar-refractivity contribution in [1.29, 1.82) is 10.5 Å². The smallest absolute Gasteiger partial charge is 0.156 e. The number of benzene rings is 3. The van der Waals surface area contributed by atoms with E-state index in [9.17, 15) is 14.9 Å². The third-order valence-corrected chi connectivity index (χ3v) is 4.38. The van der Waals surface area contributed by atoms with Crippen molar-refractivity contribution in [3.05, 3.63) is 83.7 Å². The van der Waals surface area contributed by atoms with Gasteiger partial charge in [-0.15, -0.1) is 0 Å². The molecule has 0 radical (unpaired) electrons. The van der Waals surface area contributed by atoms with Crippen LogP contribution >= 0.6 is 11.8 Å². The van der Waals surface area contributed by atoms with Crippen LogP contribution in [0, 0.1) is 28.5 Å². The lowest BCUT2D eigenvalue weighted by Crippen LogP contribution is -1.98. The van der Waals surface area contributed by atoms with Gasteiger partial charge in [-0.2, -0.15) is 10.5 Å². The first-order valence-corrected chi connectivity index (χ1v) is 8.17. The van der Waals surface area contributed by atoms with Crippen molar-refractivity contribution in [2.24, 2.45) is 0 Å². The first kappa shape index (κ1) is 16.6. The Labute approximate surface area is 148 Å². The summed E-state index contributed by atoms with van der Waals surface area (Å²) in [6.07, 6.45) is 0. The van der Waals surface area contributed by atoms with Crippen LogP contribution in [-0.2, 0) is 0 Å². The lowest BCUT2D eigenvalue weighted by atomic mass is 10.1. The molecule has 25 heavy (non-hydrogen) atoms. The number of halogens is 1. The predicted molar refractivity (Wildman–Crippen MR) is 92.9 cm³/mol. The van der Waals surface area contributed by atoms with Gasteiger partial charge >= 0.3 is 0 Å². The summed E-state index contributed by atoms with van der Waals surface area (Å²) in [6, 6.07) is 23.2. The average Bonchev–Trinajstić information content (AvgIpc) is 2.65. The average molecular weight is 346 g/mol. The molecule has 120 valence electrons. The summed E-state index contributed by atoms with van der Waals surface area (Å²) >= 11 is 1.17. The van der Waals surface area contributed by atoms with Gasteiger partial charge in [-0.1, -0.05) is 48.2 Å². The predicted octanol–water partition coefficient (Wildman–Crippen LogP) is 5.51. The van der Waals surface area contributed by atoms with Crippen LogP contribution in [0.3, 0.4) is 0 Å². The van der Waals surface area contributed by atoms with Crippen LogP contribution < -0.4 is 4.74 Å². The van der Waals surface area contributed by atoms with Gasteiger partial charge in [0.05, 0.1) is 4.90 Å². The summed E-state index contributed by atoms with van der Waals surface area (Å²) in [5.41, 5.74) is -0.421. The minimum Gasteiger partial charge on any atom is -0.456 e. The van der Waals surface area contributed by atoms with Crippen molar-refractivity contribution in [3.8, 4) is 23.6 Å². The van der Waals surface area contributed by atoms with Crippen LogP contribution in [0.5, 0.6) is 11.5 Å². The van der Waals surface area contributed by atoms with Crippen LogP contribution in [-0.4, -0.2) is 0 Å². The number of nitriles is 2. The van der Waals surface area contributed by atoms with E-state index in [0.717, 1.165) is 4.90 Å². The largest absolute Gasteiger partial charge is 0.456 e. The summed E-state index contributed by atoms with van der Waals surface area (Å²) in [7, 11) is 0. The first-order chi connectivity index (χ1) is 12.2. The van der Waals surface area contributed by atoms with E-state index in [1.54, 1.807) is 30.3 Å². The van der Waals surface area contributed by atoms with Crippen LogP contribution in [0.4, 0.5) is 4.39 Å². The maximum Gasteiger partial charge on any atom is 0.156 e. The molecule has 0 heterocycles. The number of para-hydroxylation sites is 1. The maximum absolute atomic E-state index is 14.7. The van der Waals surface area contributed by atoms with Gasteiger partial charge in [0, 0.05) is 4.90 Å². The fourth-order valence-electron chi connectivity index (χ4n) is 2.21. The van der Waals surface area contributed by atoms with Crippen molar-refractivity contribution >= 4 is 11.8 Å². The van der Waals surface area contributed by atoms with E-state index in [1.807, 2.05) is 42.5 Å². The van der Waals surface area contributed by atoms with E-state index in [0.29, 0.717) is 5.75 Å². The van der Waals surface area contributed by atoms with Crippen LogP contribution in [0.25, 0.3) is 0 Å². The Morgan fingerprint density at radius 3 is 2.04 bits per heavy atom. The Bertz CT molecular complexity index is 977. The van der Waals surface area contributed by atoms with Crippen LogP contribution in [0.15, 0.2) is 76.5 Å². The minimum atomic E-state index is -0.715. The highest BCUT2D eigenvalue weighted by molar-refractivity contribution is 7.99. The van der Waals surface area contributed by atoms with Gasteiger partial charge in [0.1, 0.15) is 34.8 Å². The molecule has 0 spiro atoms. The summed E-state index contributed by atoms with van der Waals surface area (Å²) in [5.74, 6) is -0.0523. The van der Waals surface area contributed by atoms with Crippen molar-refractivity contribution in [2.45, 2.75) is 9.79 Å². The molecule has 0 aliphatic rings. The molecule has 0 saturated heterocycles. The molecule has 5 heteroatoms. The van der Waals surface area contributed by atoms with E-state index >= 15 is 0 Å². The maximum atomic E-state index is 14.7. The molecular weight excluding hydrogens is 335 g/mol. The molecular formula is C20H11FN2OS. The summed E-state index contributed by atoms with van der Waals surface area (Å²) < 4.78 is 20.4. The van der Waals surface area contributed by atoms with E-state index in [1.165, 1.54) is 17.8 Å². The second-order valence-corrected chi connectivity index (χ2v) is 6.11. The van der Waals surface area contributed by atoms with Crippen LogP contribution in [0.2, 0.25) is 0 Å². The van der Waals surface area contributed by atoms with Gasteiger partial charge in [0.15, 0.2) is 5.82 Å². The number of rotatable bonds is 4. The number of ether oxygens (including phenoxy) is 1. The van der Waals surface area contributed by atoms with Gasteiger partial charge < -0.3 is 4.74 Å². The molecule has 0 saturated carbocycles. The van der Waals surface area contributed by atoms with E-state index in [-0.39, 0.29) is 21.8 Å². The topological polar surface area (TPSA) is 56.8 Å². The highest BCUT2D eigenvalue weighted by atomic mass is 32.2. The SMILES string of the molecule is N#Cc1c(Oc2ccccc2)cc(Sc2ccccc2)c(F)c1C#N. The molecule has 0 aliphatic heterocycles. The fourth-order valence-corrected chi connectivity index (χ4v) is 3.12. The molecule has 3 aromatic carbocycles. The van der Waals surface area contributed by atoms with Gasteiger partial charge in [-0.05, 0) is 30.3 Å². The summed E-state index contributed by atoms with van der Waals surface area (Å²) in [6.45, 7) is 0. The minimum absolute atomic E-state index is 0.110. The standard InChI is InChI=1S/C20H11FN2OS/c21-20-17(13-23)16(12-22)18(24-14-7-3-1-4-8-14)11-19(20)25-15-9-5-2-6-10-15/h1-11H. The Balaban J connectivity index is 2.09. The third-order valence-electron chi connectivity index (χ3n) is 3.36. The zero-order valence-electron chi connectivity index (χ0n) is 12.9. The molecule has 3 rings (SSSR count). The molecule has 0 atom stereocenters. The van der Waals surface area contributed by atoms with Crippen LogP contribution in [0.1, 0.15) is 11.1 Å². The molecule has 0 unspecified atom stereocenters. The number of hydrogen-bond acceptors (Lipinski definition) is 4. The monoisotopic (exact) mass is 346 g/mol. The fraction of sp³-hybridized carbons (Fsp3) is 0. The van der Waals surface area contributed by atoms with Gasteiger partial charge in [0.2, 0.25) is 0 Å². The summed E-state index contributed by atoms with van der Waals surface area (Å²) in [5, 5.41) is 18.7. The molecule has 0 bridgehead atoms. The number of hydrogen-bond donors (Lipinski definition) is 0. The zero-order chi connectivity index (χ0) is 17.6. The number of nitrogens with zero attached hydrogens (tertiary/aromatic N) is 2.